The number of fused-ring (bicyclic) bond motifs is 2. The summed E-state index contributed by atoms with van der Waals surface area (Å²) in [5.41, 5.74) is 7.72. The SMILES string of the molecule is CCC(N=COOC)C(=O)N1CCC[C@H]1c1nc2ccc(-c3ccc(-c4ccc5nc([C@@H]6CCCN6C(=O)C(CC)NC(=O)OC)[nH]c5c4)cc3)cc2[nH]1. The van der Waals surface area contributed by atoms with Gasteiger partial charge in [0.05, 0.1) is 48.4 Å². The molecule has 54 heavy (non-hydrogen) atoms. The van der Waals surface area contributed by atoms with E-state index in [0.29, 0.717) is 25.9 Å². The maximum Gasteiger partial charge on any atom is 0.407 e. The molecule has 14 heteroatoms. The molecule has 3 aromatic carbocycles. The number of aliphatic imine (C=N–C) groups is 1. The van der Waals surface area contributed by atoms with E-state index in [1.165, 1.54) is 20.6 Å². The van der Waals surface area contributed by atoms with Crippen LogP contribution in [0.5, 0.6) is 0 Å². The summed E-state index contributed by atoms with van der Waals surface area (Å²) in [6, 6.07) is 19.2. The quantitative estimate of drug-likeness (QED) is 0.0557. The number of amides is 3. The average Bonchev–Trinajstić information content (AvgIpc) is 4.03. The van der Waals surface area contributed by atoms with Crippen molar-refractivity contribution in [3.63, 3.8) is 0 Å². The van der Waals surface area contributed by atoms with Gasteiger partial charge in [0.15, 0.2) is 0 Å². The molecule has 5 aromatic rings. The molecule has 3 amide bonds. The zero-order valence-corrected chi connectivity index (χ0v) is 31.0. The molecule has 3 N–H and O–H groups in total. The van der Waals surface area contributed by atoms with Crippen molar-refractivity contribution in [1.29, 1.82) is 0 Å². The Bertz CT molecular complexity index is 2160. The van der Waals surface area contributed by atoms with Crippen molar-refractivity contribution in [2.45, 2.75) is 76.5 Å². The molecule has 2 aromatic heterocycles. The number of alkyl carbamates (subject to hydrolysis) is 1. The van der Waals surface area contributed by atoms with Gasteiger partial charge in [0.2, 0.25) is 18.2 Å². The van der Waals surface area contributed by atoms with Gasteiger partial charge < -0.3 is 34.7 Å². The van der Waals surface area contributed by atoms with Crippen LogP contribution in [-0.4, -0.2) is 93.4 Å². The number of nitrogens with one attached hydrogen (secondary N) is 3. The minimum atomic E-state index is -0.654. The molecule has 282 valence electrons. The minimum absolute atomic E-state index is 0.0480. The number of ether oxygens (including phenoxy) is 1. The summed E-state index contributed by atoms with van der Waals surface area (Å²) >= 11 is 0. The van der Waals surface area contributed by atoms with E-state index in [4.69, 9.17) is 19.6 Å². The summed E-state index contributed by atoms with van der Waals surface area (Å²) in [7, 11) is 2.68. The van der Waals surface area contributed by atoms with Crippen molar-refractivity contribution in [3.8, 4) is 22.3 Å². The van der Waals surface area contributed by atoms with Gasteiger partial charge in [-0.3, -0.25) is 9.59 Å². The van der Waals surface area contributed by atoms with Crippen molar-refractivity contribution in [3.05, 3.63) is 72.3 Å². The number of nitrogens with zero attached hydrogens (tertiary/aromatic N) is 5. The van der Waals surface area contributed by atoms with Gasteiger partial charge in [-0.1, -0.05) is 50.2 Å². The lowest BCUT2D eigenvalue weighted by Gasteiger charge is -2.27. The predicted octanol–water partition coefficient (Wildman–Crippen LogP) is 6.62. The molecular formula is C40H46N8O6. The number of hydrogen-bond donors (Lipinski definition) is 3. The van der Waals surface area contributed by atoms with Crippen LogP contribution in [0.2, 0.25) is 0 Å². The maximum absolute atomic E-state index is 13.4. The van der Waals surface area contributed by atoms with Crippen molar-refractivity contribution in [1.82, 2.24) is 35.1 Å². The highest BCUT2D eigenvalue weighted by Crippen LogP contribution is 2.35. The van der Waals surface area contributed by atoms with Crippen molar-refractivity contribution in [2.75, 3.05) is 27.3 Å². The first-order valence-electron chi connectivity index (χ1n) is 18.6. The molecule has 7 rings (SSSR count). The van der Waals surface area contributed by atoms with Gasteiger partial charge in [-0.15, -0.1) is 0 Å². The van der Waals surface area contributed by atoms with Gasteiger partial charge in [-0.2, -0.15) is 4.89 Å². The summed E-state index contributed by atoms with van der Waals surface area (Å²) in [6.07, 6.45) is 4.94. The van der Waals surface area contributed by atoms with Crippen molar-refractivity contribution < 1.29 is 28.9 Å². The monoisotopic (exact) mass is 734 g/mol. The van der Waals surface area contributed by atoms with Gasteiger partial charge in [-0.05, 0) is 85.0 Å². The van der Waals surface area contributed by atoms with Crippen LogP contribution in [0.25, 0.3) is 44.3 Å². The Balaban J connectivity index is 1.06. The first-order valence-corrected chi connectivity index (χ1v) is 18.6. The highest BCUT2D eigenvalue weighted by Gasteiger charge is 2.37. The summed E-state index contributed by atoms with van der Waals surface area (Å²) in [5.74, 6) is 1.34. The van der Waals surface area contributed by atoms with Crippen LogP contribution >= 0.6 is 0 Å². The number of carbonyl (C=O) groups excluding carboxylic acids is 3. The highest BCUT2D eigenvalue weighted by atomic mass is 17.2. The predicted molar refractivity (Wildman–Crippen MR) is 204 cm³/mol. The number of rotatable bonds is 12. The van der Waals surface area contributed by atoms with E-state index in [1.807, 2.05) is 35.8 Å². The molecule has 14 nitrogen and oxygen atoms in total. The zero-order chi connectivity index (χ0) is 37.8. The van der Waals surface area contributed by atoms with Gasteiger partial charge in [-0.25, -0.2) is 19.8 Å². The highest BCUT2D eigenvalue weighted by molar-refractivity contribution is 5.87. The zero-order valence-electron chi connectivity index (χ0n) is 31.0. The molecule has 0 bridgehead atoms. The number of H-pyrrole nitrogens is 2. The van der Waals surface area contributed by atoms with Crippen LogP contribution in [0.15, 0.2) is 65.7 Å². The van der Waals surface area contributed by atoms with E-state index in [2.05, 4.69) is 73.7 Å². The second-order valence-electron chi connectivity index (χ2n) is 13.7. The summed E-state index contributed by atoms with van der Waals surface area (Å²) < 4.78 is 4.72. The summed E-state index contributed by atoms with van der Waals surface area (Å²) in [6.45, 7) is 5.05. The Kier molecular flexibility index (Phi) is 10.9. The van der Waals surface area contributed by atoms with E-state index < -0.39 is 18.2 Å². The summed E-state index contributed by atoms with van der Waals surface area (Å²) in [4.78, 5) is 72.6. The lowest BCUT2D eigenvalue weighted by Crippen LogP contribution is -2.48. The molecule has 0 radical (unpaired) electrons. The molecule has 0 saturated carbocycles. The summed E-state index contributed by atoms with van der Waals surface area (Å²) in [5, 5.41) is 2.66. The molecular weight excluding hydrogens is 688 g/mol. The van der Waals surface area contributed by atoms with Crippen LogP contribution in [0, 0.1) is 0 Å². The third-order valence-electron chi connectivity index (χ3n) is 10.5. The first-order chi connectivity index (χ1) is 26.3. The molecule has 2 aliphatic heterocycles. The van der Waals surface area contributed by atoms with Crippen molar-refractivity contribution in [2.24, 2.45) is 4.99 Å². The normalized spacial score (nSPS) is 18.4. The minimum Gasteiger partial charge on any atom is -0.453 e. The van der Waals surface area contributed by atoms with Gasteiger partial charge in [0.25, 0.3) is 0 Å². The number of aromatic nitrogens is 4. The number of imidazole rings is 2. The number of hydrogen-bond acceptors (Lipinski definition) is 9. The van der Waals surface area contributed by atoms with Crippen LogP contribution in [-0.2, 0) is 24.1 Å². The fourth-order valence-corrected chi connectivity index (χ4v) is 7.63. The lowest BCUT2D eigenvalue weighted by atomic mass is 10.00. The van der Waals surface area contributed by atoms with Crippen LogP contribution in [0.4, 0.5) is 4.79 Å². The third kappa shape index (κ3) is 7.38. The van der Waals surface area contributed by atoms with E-state index in [0.717, 1.165) is 81.7 Å². The Morgan fingerprint density at radius 3 is 1.80 bits per heavy atom. The molecule has 4 atom stereocenters. The number of methoxy groups -OCH3 is 1. The topological polar surface area (TPSA) is 167 Å². The number of benzene rings is 3. The molecule has 2 fully saturated rings. The Morgan fingerprint density at radius 2 is 1.31 bits per heavy atom. The lowest BCUT2D eigenvalue weighted by molar-refractivity contribution is -0.188. The molecule has 4 heterocycles. The second kappa shape index (κ2) is 16.1. The Morgan fingerprint density at radius 1 is 0.796 bits per heavy atom. The third-order valence-corrected chi connectivity index (χ3v) is 10.5. The largest absolute Gasteiger partial charge is 0.453 e. The molecule has 2 saturated heterocycles. The van der Waals surface area contributed by atoms with E-state index in [9.17, 15) is 14.4 Å². The standard InChI is InChI=1S/C40H46N8O6/c1-5-28(41-23-54-53-4)38(49)47-19-7-9-34(47)36-42-30-17-15-26(21-32(30)44-36)24-11-13-25(14-12-24)27-16-18-31-33(22-27)45-37(43-31)35-10-8-20-48(35)39(50)29(6-2)46-40(51)52-3/h11-18,21-23,28-29,34-35H,5-10,19-20H2,1-4H3,(H,42,44)(H,43,45)(H,46,51)/t28?,29?,34-,35-/m0/s1. The number of likely N-dealkylation sites (tertiary alicyclic amines) is 2. The second-order valence-corrected chi connectivity index (χ2v) is 13.7. The van der Waals surface area contributed by atoms with Gasteiger partial charge in [0, 0.05) is 13.1 Å². The average molecular weight is 735 g/mol. The van der Waals surface area contributed by atoms with E-state index in [1.54, 1.807) is 0 Å². The van der Waals surface area contributed by atoms with Gasteiger partial charge in [0.1, 0.15) is 23.7 Å². The van der Waals surface area contributed by atoms with Crippen LogP contribution < -0.4 is 5.32 Å². The molecule has 2 aliphatic rings. The van der Waals surface area contributed by atoms with Gasteiger partial charge >= 0.3 is 6.09 Å². The Hall–Kier alpha value is -5.76. The van der Waals surface area contributed by atoms with Crippen LogP contribution in [0.1, 0.15) is 76.1 Å². The van der Waals surface area contributed by atoms with E-state index >= 15 is 0 Å². The first kappa shape index (κ1) is 36.6. The number of carbonyl (C=O) groups is 3. The smallest absolute Gasteiger partial charge is 0.407 e. The Labute approximate surface area is 313 Å². The molecule has 2 unspecified atom stereocenters. The fourth-order valence-electron chi connectivity index (χ4n) is 7.63. The number of aromatic amines is 2. The molecule has 0 spiro atoms. The fraction of sp³-hybridized carbons (Fsp3) is 0.400. The van der Waals surface area contributed by atoms with E-state index in [-0.39, 0.29) is 23.9 Å². The van der Waals surface area contributed by atoms with Crippen molar-refractivity contribution >= 4 is 46.4 Å². The van der Waals surface area contributed by atoms with Crippen LogP contribution in [0.3, 0.4) is 0 Å². The molecule has 0 aliphatic carbocycles. The maximum atomic E-state index is 13.4.